The number of para-hydroxylation sites is 2. The number of nitrogens with two attached hydrogens (primary N) is 2. The molecule has 9 N–H and O–H groups in total. The van der Waals surface area contributed by atoms with E-state index in [2.05, 4.69) is 58.7 Å². The van der Waals surface area contributed by atoms with E-state index in [1.54, 1.807) is 63.6 Å². The Kier molecular flexibility index (Phi) is 57.0. The molecule has 0 radical (unpaired) electrons. The molecule has 19 nitrogen and oxygen atoms in total. The molecule has 0 spiro atoms. The van der Waals surface area contributed by atoms with E-state index in [0.29, 0.717) is 100 Å². The predicted octanol–water partition coefficient (Wildman–Crippen LogP) is 16.0. The number of aromatic nitrogens is 8. The number of methoxy groups -OCH3 is 2. The first kappa shape index (κ1) is 102. The molecule has 0 saturated carbocycles. The van der Waals surface area contributed by atoms with E-state index in [9.17, 15) is 14.4 Å². The van der Waals surface area contributed by atoms with E-state index in [4.69, 9.17) is 137 Å². The molecule has 11 aromatic rings. The average Bonchev–Trinajstić information content (AvgIpc) is 1.27. The van der Waals surface area contributed by atoms with Gasteiger partial charge in [0, 0.05) is 52.6 Å². The largest absolute Gasteiger partial charge is 1.00 e. The summed E-state index contributed by atoms with van der Waals surface area (Å²) in [5.41, 5.74) is 17.4. The summed E-state index contributed by atoms with van der Waals surface area (Å²) in [6, 6.07) is 34.8. The summed E-state index contributed by atoms with van der Waals surface area (Å²) in [5, 5.41) is 7.08. The van der Waals surface area contributed by atoms with Crippen LogP contribution in [0.2, 0.25) is 43.9 Å². The number of ketones is 1. The van der Waals surface area contributed by atoms with Crippen molar-refractivity contribution in [1.29, 1.82) is 0 Å². The number of halogens is 11. The van der Waals surface area contributed by atoms with Gasteiger partial charge in [-0.25, -0.2) is 44.7 Å². The number of hydrogen-bond donors (Lipinski definition) is 3. The maximum Gasteiger partial charge on any atom is 1.00 e. The topological polar surface area (TPSA) is 307 Å². The van der Waals surface area contributed by atoms with Gasteiger partial charge >= 0.3 is 48.4 Å². The van der Waals surface area contributed by atoms with Gasteiger partial charge in [-0.15, -0.1) is 46.7 Å². The number of alkyl halides is 1. The molecule has 5 aromatic carbocycles. The minimum Gasteiger partial charge on any atom is -1.00 e. The number of nitrogen functional groups attached to an aromatic ring is 2. The number of rotatable bonds is 12. The van der Waals surface area contributed by atoms with Gasteiger partial charge in [0.2, 0.25) is 6.08 Å². The number of ether oxygens (including phenoxy) is 2. The third kappa shape index (κ3) is 40.7. The SMILES string of the molecule is COc1ccc(CCl)cc1.COc1ccc(CN(C(=O)c2cnc(Cl)s2)c2c(C)cccc2Cl)cc1.Cc1cccc(Cl)c1CC(=O)c1cnc(Cl)s1.Cc1cccc(Cl)c1N=C=O.Cc1nc(Cl)cc(Cl)n1.Cc1nc(N)cc(Cl)n1.Cl.Clc1nccs1.N.Nc1nccs1.O.[CH2-]CCC.[H-].[Li+].[Na+]. The van der Waals surface area contributed by atoms with Crippen LogP contribution in [0.3, 0.4) is 0 Å². The molecular weight excluding hydrogens is 1630 g/mol. The summed E-state index contributed by atoms with van der Waals surface area (Å²) in [7, 11) is 3.27. The van der Waals surface area contributed by atoms with Gasteiger partial charge in [-0.3, -0.25) is 9.59 Å². The van der Waals surface area contributed by atoms with Crippen molar-refractivity contribution in [2.45, 2.75) is 73.2 Å². The van der Waals surface area contributed by atoms with Crippen molar-refractivity contribution in [1.82, 2.24) is 46.0 Å². The molecule has 0 bridgehead atoms. The molecule has 0 fully saturated rings. The fourth-order valence-electron chi connectivity index (χ4n) is 7.15. The number of unbranched alkanes of at least 4 members (excludes halogenated alkanes) is 1. The summed E-state index contributed by atoms with van der Waals surface area (Å²) in [6.45, 7) is 15.3. The molecule has 544 valence electrons. The van der Waals surface area contributed by atoms with Crippen molar-refractivity contribution in [2.24, 2.45) is 4.99 Å². The van der Waals surface area contributed by atoms with Crippen LogP contribution in [0.5, 0.6) is 11.5 Å². The van der Waals surface area contributed by atoms with Crippen molar-refractivity contribution in [3.8, 4) is 11.5 Å². The van der Waals surface area contributed by atoms with Gasteiger partial charge in [0.1, 0.15) is 49.3 Å². The smallest absolute Gasteiger partial charge is 1.00 e. The first-order valence-electron chi connectivity index (χ1n) is 28.4. The maximum absolute atomic E-state index is 13.1. The summed E-state index contributed by atoms with van der Waals surface area (Å²) >= 11 is 62.5. The zero-order chi connectivity index (χ0) is 72.7. The molecule has 11 rings (SSSR count). The standard InChI is InChI=1S/C19H16Cl2N2O2S.C12H9Cl2NOS.C8H6ClNO.C8H9ClO.C5H4Cl2N2.C5H6ClN3.C4H9.C3H2ClNS.C3H4N2S.ClH.Li.H3N.Na.H2O.H/c1-12-4-3-5-15(20)17(12)23(18(24)16-10-22-19(21)26-16)11-13-6-8-14(25-2)9-7-13;1-7-3-2-4-9(13)8(7)5-10(16)11-6-15-12(14)17-11;1-6-3-2-4-7(9)8(6)10-5-11;1-10-8-4-2-7(6-9)3-5-8;2*1-3-8-4(6)2-5(7)9-3;1-3-4-2;2*4-3-5-1-2-6-3;;;;;;/h3-10H,11H2,1-2H3;2-4,6H,5H2,1H3;2-4H,1H3;2-5H,6H2,1H3;2H,1H3;2H,1H3,(H2,7,8,9);1,3-4H2,2H3;1-2H;1-2H,(H2,4,5);1H;;1H3;;1H2;/q;;;;;;-1;;;;+1;;+1;;-1. The Morgan fingerprint density at radius 3 is 1.46 bits per heavy atom. The van der Waals surface area contributed by atoms with Crippen LogP contribution in [0.1, 0.15) is 85.6 Å². The monoisotopic (exact) mass is 1700 g/mol. The number of thiazole rings is 4. The fourth-order valence-corrected chi connectivity index (χ4v) is 11.7. The molecule has 0 unspecified atom stereocenters. The minimum atomic E-state index is -0.193. The Bertz CT molecular complexity index is 3980. The molecule has 0 aliphatic heterocycles. The van der Waals surface area contributed by atoms with Crippen LogP contribution in [0.4, 0.5) is 22.3 Å². The molecule has 1 amide bonds. The van der Waals surface area contributed by atoms with Crippen LogP contribution in [0, 0.1) is 41.5 Å². The number of nitrogens with zero attached hydrogens (tertiary/aromatic N) is 10. The first-order valence-corrected chi connectivity index (χ1v) is 35.7. The number of hydrogen-bond acceptors (Lipinski definition) is 21. The molecule has 6 heterocycles. The third-order valence-corrected chi connectivity index (χ3v) is 17.4. The van der Waals surface area contributed by atoms with E-state index in [0.717, 1.165) is 62.6 Å². The van der Waals surface area contributed by atoms with Gasteiger partial charge in [0.15, 0.2) is 24.3 Å². The van der Waals surface area contributed by atoms with Gasteiger partial charge in [0.25, 0.3) is 5.91 Å². The van der Waals surface area contributed by atoms with Crippen LogP contribution < -0.4 is 80.4 Å². The Morgan fingerprint density at radius 2 is 1.09 bits per heavy atom. The average molecular weight is 1700 g/mol. The fraction of sp³-hybridized carbons (Fsp3) is 0.194. The van der Waals surface area contributed by atoms with Gasteiger partial charge in [0.05, 0.1) is 59.5 Å². The number of anilines is 3. The quantitative estimate of drug-likeness (QED) is 0.0195. The van der Waals surface area contributed by atoms with Gasteiger partial charge < -0.3 is 45.8 Å². The van der Waals surface area contributed by atoms with Crippen LogP contribution in [-0.2, 0) is 23.6 Å². The number of carbonyl (C=O) groups is 2. The van der Waals surface area contributed by atoms with Crippen molar-refractivity contribution < 1.29 is 79.2 Å². The predicted molar refractivity (Wildman–Crippen MR) is 429 cm³/mol. The van der Waals surface area contributed by atoms with Crippen molar-refractivity contribution in [3.63, 3.8) is 0 Å². The molecule has 36 heteroatoms. The van der Waals surface area contributed by atoms with Gasteiger partial charge in [-0.05, 0) is 110 Å². The normalized spacial score (nSPS) is 9.27. The summed E-state index contributed by atoms with van der Waals surface area (Å²) in [4.78, 5) is 71.7. The summed E-state index contributed by atoms with van der Waals surface area (Å²) in [5.74, 6) is 3.58. The van der Waals surface area contributed by atoms with Crippen molar-refractivity contribution in [2.75, 3.05) is 30.6 Å². The van der Waals surface area contributed by atoms with E-state index in [1.807, 2.05) is 116 Å². The Balaban J connectivity index is -0.000000566. The van der Waals surface area contributed by atoms with Crippen molar-refractivity contribution in [3.05, 3.63) is 256 Å². The second-order valence-electron chi connectivity index (χ2n) is 19.1. The minimum absolute atomic E-state index is 0. The van der Waals surface area contributed by atoms with Gasteiger partial charge in [-0.1, -0.05) is 201 Å². The van der Waals surface area contributed by atoms with E-state index >= 15 is 0 Å². The molecule has 0 atom stereocenters. The Labute approximate surface area is 708 Å². The molecule has 0 saturated heterocycles. The second-order valence-corrected chi connectivity index (χ2v) is 27.3. The van der Waals surface area contributed by atoms with Crippen LogP contribution in [-0.4, -0.2) is 77.3 Å². The van der Waals surface area contributed by atoms with E-state index in [1.165, 1.54) is 71.0 Å². The van der Waals surface area contributed by atoms with Crippen LogP contribution in [0.15, 0.2) is 156 Å². The zero-order valence-corrected chi connectivity index (χ0v) is 71.0. The number of aryl methyl sites for hydroxylation is 5. The van der Waals surface area contributed by atoms with Gasteiger partial charge in [-0.2, -0.15) is 11.4 Å². The first-order chi connectivity index (χ1) is 46.7. The number of Topliss-reactive ketones (excluding diaryl/α,β-unsaturated/α-hetero) is 1. The Hall–Kier alpha value is -4.79. The number of benzene rings is 5. The molecule has 0 aliphatic rings. The van der Waals surface area contributed by atoms with Crippen LogP contribution >= 0.6 is 174 Å². The molecule has 0 aliphatic carbocycles. The third-order valence-electron chi connectivity index (χ3n) is 11.8. The Morgan fingerprint density at radius 1 is 0.621 bits per heavy atom. The van der Waals surface area contributed by atoms with E-state index in [-0.39, 0.29) is 92.0 Å². The molecule has 6 aromatic heterocycles. The molecule has 103 heavy (non-hydrogen) atoms. The summed E-state index contributed by atoms with van der Waals surface area (Å²) in [6.07, 6.45) is 10.4. The number of isocyanates is 1. The molecular formula is C67H72Cl11LiN13NaO6S4. The maximum atomic E-state index is 13.1. The van der Waals surface area contributed by atoms with Crippen LogP contribution in [0.25, 0.3) is 0 Å². The number of amides is 1. The number of aliphatic imine (C=N–C) groups is 1. The number of carbonyl (C=O) groups excluding carboxylic acids is 3. The van der Waals surface area contributed by atoms with E-state index < -0.39 is 0 Å². The van der Waals surface area contributed by atoms with Crippen molar-refractivity contribution >= 4 is 214 Å². The second kappa shape index (κ2) is 57.4. The zero-order valence-electron chi connectivity index (χ0n) is 58.4. The summed E-state index contributed by atoms with van der Waals surface area (Å²) < 4.78 is 11.5.